The molecular weight excluding hydrogens is 266 g/mol. The van der Waals surface area contributed by atoms with Crippen LogP contribution in [0.1, 0.15) is 39.2 Å². The van der Waals surface area contributed by atoms with E-state index in [1.54, 1.807) is 0 Å². The van der Waals surface area contributed by atoms with Crippen LogP contribution in [0.3, 0.4) is 0 Å². The molecule has 0 aliphatic rings. The summed E-state index contributed by atoms with van der Waals surface area (Å²) < 4.78 is 10.6. The van der Waals surface area contributed by atoms with Crippen LogP contribution in [-0.4, -0.2) is 31.8 Å². The monoisotopic (exact) mass is 293 g/mol. The summed E-state index contributed by atoms with van der Waals surface area (Å²) in [6, 6.07) is 8.13. The first kappa shape index (κ1) is 17.5. The van der Waals surface area contributed by atoms with Crippen molar-refractivity contribution in [2.45, 2.75) is 45.6 Å². The van der Waals surface area contributed by atoms with Crippen molar-refractivity contribution in [2.75, 3.05) is 20.3 Å². The van der Waals surface area contributed by atoms with Crippen LogP contribution in [0.2, 0.25) is 0 Å². The Morgan fingerprint density at radius 1 is 1.24 bits per heavy atom. The molecule has 118 valence electrons. The Morgan fingerprint density at radius 3 is 2.43 bits per heavy atom. The van der Waals surface area contributed by atoms with Crippen LogP contribution in [0, 0.1) is 0 Å². The fourth-order valence-electron chi connectivity index (χ4n) is 2.32. The highest BCUT2D eigenvalue weighted by molar-refractivity contribution is 5.80. The van der Waals surface area contributed by atoms with Gasteiger partial charge >= 0.3 is 5.97 Å². The Hall–Kier alpha value is -1.55. The van der Waals surface area contributed by atoms with Crippen LogP contribution < -0.4 is 10.1 Å². The van der Waals surface area contributed by atoms with Crippen LogP contribution in [-0.2, 0) is 16.0 Å². The van der Waals surface area contributed by atoms with Gasteiger partial charge in [0.1, 0.15) is 11.3 Å². The third-order valence-corrected chi connectivity index (χ3v) is 3.62. The maximum atomic E-state index is 11.8. The van der Waals surface area contributed by atoms with Gasteiger partial charge in [0.15, 0.2) is 0 Å². The number of rotatable bonds is 9. The number of methoxy groups -OCH3 is 1. The van der Waals surface area contributed by atoms with E-state index in [0.29, 0.717) is 13.0 Å². The summed E-state index contributed by atoms with van der Waals surface area (Å²) in [7, 11) is 1.42. The Morgan fingerprint density at radius 2 is 1.90 bits per heavy atom. The van der Waals surface area contributed by atoms with Gasteiger partial charge in [0.25, 0.3) is 0 Å². The zero-order chi connectivity index (χ0) is 15.7. The minimum Gasteiger partial charge on any atom is -0.494 e. The van der Waals surface area contributed by atoms with Crippen LogP contribution in [0.5, 0.6) is 5.75 Å². The Labute approximate surface area is 127 Å². The molecule has 0 fully saturated rings. The lowest BCUT2D eigenvalue weighted by Gasteiger charge is -2.27. The second-order valence-corrected chi connectivity index (χ2v) is 5.30. The summed E-state index contributed by atoms with van der Waals surface area (Å²) in [4.78, 5) is 11.8. The van der Waals surface area contributed by atoms with Gasteiger partial charge in [-0.2, -0.15) is 0 Å². The van der Waals surface area contributed by atoms with Gasteiger partial charge in [-0.3, -0.25) is 4.79 Å². The molecule has 0 bridgehead atoms. The van der Waals surface area contributed by atoms with Gasteiger partial charge in [0.05, 0.1) is 13.7 Å². The number of benzene rings is 1. The molecule has 0 aliphatic heterocycles. The van der Waals surface area contributed by atoms with E-state index in [-0.39, 0.29) is 5.97 Å². The second-order valence-electron chi connectivity index (χ2n) is 5.30. The quantitative estimate of drug-likeness (QED) is 0.562. The largest absolute Gasteiger partial charge is 0.494 e. The van der Waals surface area contributed by atoms with Crippen molar-refractivity contribution < 1.29 is 14.3 Å². The standard InChI is InChI=1S/C17H27NO3/c1-5-14-8-10-15(11-9-14)21-13-7-12-17(3,18-6-2)16(19)20-4/h8-11,18H,5-7,12-13H2,1-4H3. The highest BCUT2D eigenvalue weighted by atomic mass is 16.5. The van der Waals surface area contributed by atoms with Crippen molar-refractivity contribution in [3.63, 3.8) is 0 Å². The third-order valence-electron chi connectivity index (χ3n) is 3.62. The predicted molar refractivity (Wildman–Crippen MR) is 84.6 cm³/mol. The minimum atomic E-state index is -0.640. The molecule has 1 rings (SSSR count). The lowest BCUT2D eigenvalue weighted by atomic mass is 9.96. The van der Waals surface area contributed by atoms with E-state index < -0.39 is 5.54 Å². The fraction of sp³-hybridized carbons (Fsp3) is 0.588. The molecule has 1 aromatic rings. The first-order valence-electron chi connectivity index (χ1n) is 7.61. The third kappa shape index (κ3) is 5.38. The molecule has 0 aromatic heterocycles. The number of hydrogen-bond acceptors (Lipinski definition) is 4. The fourth-order valence-corrected chi connectivity index (χ4v) is 2.32. The highest BCUT2D eigenvalue weighted by Crippen LogP contribution is 2.16. The molecule has 0 heterocycles. The molecule has 0 radical (unpaired) electrons. The zero-order valence-electron chi connectivity index (χ0n) is 13.6. The second kappa shape index (κ2) is 8.67. The molecule has 1 unspecified atom stereocenters. The number of likely N-dealkylation sites (N-methyl/N-ethyl adjacent to an activating group) is 1. The zero-order valence-corrected chi connectivity index (χ0v) is 13.6. The minimum absolute atomic E-state index is 0.225. The first-order chi connectivity index (χ1) is 10.1. The summed E-state index contributed by atoms with van der Waals surface area (Å²) in [5.41, 5.74) is 0.659. The van der Waals surface area contributed by atoms with Gasteiger partial charge in [-0.1, -0.05) is 26.0 Å². The lowest BCUT2D eigenvalue weighted by molar-refractivity contribution is -0.148. The summed E-state index contributed by atoms with van der Waals surface area (Å²) in [6.07, 6.45) is 2.50. The Bertz CT molecular complexity index is 430. The van der Waals surface area contributed by atoms with E-state index in [9.17, 15) is 4.79 Å². The molecule has 21 heavy (non-hydrogen) atoms. The van der Waals surface area contributed by atoms with E-state index in [2.05, 4.69) is 24.4 Å². The van der Waals surface area contributed by atoms with E-state index in [4.69, 9.17) is 9.47 Å². The van der Waals surface area contributed by atoms with E-state index in [0.717, 1.165) is 25.1 Å². The van der Waals surface area contributed by atoms with Crippen LogP contribution in [0.25, 0.3) is 0 Å². The van der Waals surface area contributed by atoms with Gasteiger partial charge in [-0.05, 0) is 50.4 Å². The summed E-state index contributed by atoms with van der Waals surface area (Å²) in [5, 5.41) is 3.19. The van der Waals surface area contributed by atoms with Crippen LogP contribution >= 0.6 is 0 Å². The van der Waals surface area contributed by atoms with Gasteiger partial charge in [-0.25, -0.2) is 0 Å². The Kier molecular flexibility index (Phi) is 7.23. The molecule has 0 amide bonds. The summed E-state index contributed by atoms with van der Waals surface area (Å²) in [6.45, 7) is 7.30. The van der Waals surface area contributed by atoms with Crippen molar-refractivity contribution in [1.29, 1.82) is 0 Å². The van der Waals surface area contributed by atoms with Gasteiger partial charge in [0, 0.05) is 0 Å². The molecule has 0 saturated carbocycles. The van der Waals surface area contributed by atoms with Crippen molar-refractivity contribution in [2.24, 2.45) is 0 Å². The number of ether oxygens (including phenoxy) is 2. The van der Waals surface area contributed by atoms with Crippen molar-refractivity contribution in [3.05, 3.63) is 29.8 Å². The number of hydrogen-bond donors (Lipinski definition) is 1. The van der Waals surface area contributed by atoms with Crippen molar-refractivity contribution in [1.82, 2.24) is 5.32 Å². The lowest BCUT2D eigenvalue weighted by Crippen LogP contribution is -2.50. The Balaban J connectivity index is 2.41. The highest BCUT2D eigenvalue weighted by Gasteiger charge is 2.32. The molecule has 0 aliphatic carbocycles. The molecule has 0 saturated heterocycles. The summed E-state index contributed by atoms with van der Waals surface area (Å²) >= 11 is 0. The van der Waals surface area contributed by atoms with E-state index >= 15 is 0 Å². The maximum Gasteiger partial charge on any atom is 0.325 e. The van der Waals surface area contributed by atoms with Crippen molar-refractivity contribution in [3.8, 4) is 5.75 Å². The van der Waals surface area contributed by atoms with Gasteiger partial charge in [-0.15, -0.1) is 0 Å². The van der Waals surface area contributed by atoms with E-state index in [1.807, 2.05) is 26.0 Å². The van der Waals surface area contributed by atoms with Gasteiger partial charge in [0.2, 0.25) is 0 Å². The average Bonchev–Trinajstić information content (AvgIpc) is 2.51. The first-order valence-corrected chi connectivity index (χ1v) is 7.61. The van der Waals surface area contributed by atoms with Crippen LogP contribution in [0.15, 0.2) is 24.3 Å². The average molecular weight is 293 g/mol. The molecule has 0 spiro atoms. The molecule has 4 nitrogen and oxygen atoms in total. The topological polar surface area (TPSA) is 47.6 Å². The van der Waals surface area contributed by atoms with Crippen molar-refractivity contribution >= 4 is 5.97 Å². The SMILES string of the molecule is CCNC(C)(CCCOc1ccc(CC)cc1)C(=O)OC. The number of carbonyl (C=O) groups is 1. The molecular formula is C17H27NO3. The van der Waals surface area contributed by atoms with Crippen LogP contribution in [0.4, 0.5) is 0 Å². The number of esters is 1. The molecule has 1 N–H and O–H groups in total. The summed E-state index contributed by atoms with van der Waals surface area (Å²) in [5.74, 6) is 0.645. The normalized spacial score (nSPS) is 13.5. The molecule has 1 atom stereocenters. The number of aryl methyl sites for hydroxylation is 1. The smallest absolute Gasteiger partial charge is 0.325 e. The number of nitrogens with one attached hydrogen (secondary N) is 1. The molecule has 1 aromatic carbocycles. The van der Waals surface area contributed by atoms with E-state index in [1.165, 1.54) is 12.7 Å². The van der Waals surface area contributed by atoms with Gasteiger partial charge < -0.3 is 14.8 Å². The predicted octanol–water partition coefficient (Wildman–Crippen LogP) is 2.95. The maximum absolute atomic E-state index is 11.8. The number of carbonyl (C=O) groups excluding carboxylic acids is 1. The molecule has 4 heteroatoms.